The molecular weight excluding hydrogens is 260 g/mol. The highest BCUT2D eigenvalue weighted by Gasteiger charge is 2.07. The fourth-order valence-corrected chi connectivity index (χ4v) is 2.20. The van der Waals surface area contributed by atoms with Crippen molar-refractivity contribution in [3.8, 4) is 0 Å². The third-order valence-electron chi connectivity index (χ3n) is 3.37. The van der Waals surface area contributed by atoms with Crippen LogP contribution in [0.5, 0.6) is 0 Å². The molecule has 1 aliphatic rings. The second-order valence-corrected chi connectivity index (χ2v) is 4.98. The molecule has 1 N–H and O–H groups in total. The lowest BCUT2D eigenvalue weighted by atomic mass is 10.1. The average molecular weight is 278 g/mol. The molecule has 0 saturated carbocycles. The highest BCUT2D eigenvalue weighted by atomic mass is 16.5. The molecular formula is C18H18N2O. The van der Waals surface area contributed by atoms with E-state index in [0.29, 0.717) is 6.61 Å². The minimum atomic E-state index is 0.613. The SMILES string of the molecule is C1=C(Cc2ccncc2)NCC(OCc2ccccc2)=C1. The van der Waals surface area contributed by atoms with Crippen molar-refractivity contribution in [2.45, 2.75) is 13.0 Å². The number of nitrogens with one attached hydrogen (secondary N) is 1. The van der Waals surface area contributed by atoms with E-state index in [1.54, 1.807) is 0 Å². The first-order valence-corrected chi connectivity index (χ1v) is 7.09. The van der Waals surface area contributed by atoms with Crippen LogP contribution in [-0.2, 0) is 17.8 Å². The van der Waals surface area contributed by atoms with Gasteiger partial charge in [-0.3, -0.25) is 4.98 Å². The third kappa shape index (κ3) is 3.96. The summed E-state index contributed by atoms with van der Waals surface area (Å²) in [5, 5.41) is 3.40. The van der Waals surface area contributed by atoms with Gasteiger partial charge in [-0.05, 0) is 35.4 Å². The van der Waals surface area contributed by atoms with Crippen molar-refractivity contribution in [1.82, 2.24) is 10.3 Å². The number of hydrogen-bond donors (Lipinski definition) is 1. The molecule has 0 spiro atoms. The van der Waals surface area contributed by atoms with Gasteiger partial charge in [-0.1, -0.05) is 30.3 Å². The molecule has 0 radical (unpaired) electrons. The molecule has 0 atom stereocenters. The van der Waals surface area contributed by atoms with Crippen molar-refractivity contribution in [3.63, 3.8) is 0 Å². The first-order chi connectivity index (χ1) is 10.4. The van der Waals surface area contributed by atoms with Crippen LogP contribution in [-0.4, -0.2) is 11.5 Å². The normalized spacial score (nSPS) is 13.9. The molecule has 3 rings (SSSR count). The summed E-state index contributed by atoms with van der Waals surface area (Å²) in [6.45, 7) is 1.35. The van der Waals surface area contributed by atoms with Crippen LogP contribution < -0.4 is 5.32 Å². The number of benzene rings is 1. The molecule has 0 saturated heterocycles. The largest absolute Gasteiger partial charge is 0.491 e. The summed E-state index contributed by atoms with van der Waals surface area (Å²) in [5.41, 5.74) is 3.64. The van der Waals surface area contributed by atoms with Crippen molar-refractivity contribution >= 4 is 0 Å². The van der Waals surface area contributed by atoms with Gasteiger partial charge in [-0.25, -0.2) is 0 Å². The van der Waals surface area contributed by atoms with Crippen LogP contribution >= 0.6 is 0 Å². The van der Waals surface area contributed by atoms with Crippen LogP contribution in [0.25, 0.3) is 0 Å². The fourth-order valence-electron chi connectivity index (χ4n) is 2.20. The van der Waals surface area contributed by atoms with Crippen molar-refractivity contribution in [2.75, 3.05) is 6.54 Å². The summed E-state index contributed by atoms with van der Waals surface area (Å²) in [5.74, 6) is 0.970. The molecule has 3 nitrogen and oxygen atoms in total. The van der Waals surface area contributed by atoms with Crippen LogP contribution in [0.2, 0.25) is 0 Å². The molecule has 0 bridgehead atoms. The molecule has 1 aliphatic heterocycles. The number of rotatable bonds is 5. The topological polar surface area (TPSA) is 34.2 Å². The second-order valence-electron chi connectivity index (χ2n) is 4.98. The van der Waals surface area contributed by atoms with E-state index in [4.69, 9.17) is 4.74 Å². The number of dihydropyridines is 1. The molecule has 0 aliphatic carbocycles. The summed E-state index contributed by atoms with van der Waals surface area (Å²) in [6, 6.07) is 14.3. The predicted molar refractivity (Wildman–Crippen MR) is 83.3 cm³/mol. The van der Waals surface area contributed by atoms with Crippen molar-refractivity contribution < 1.29 is 4.74 Å². The van der Waals surface area contributed by atoms with E-state index in [1.807, 2.05) is 42.7 Å². The zero-order valence-electron chi connectivity index (χ0n) is 11.8. The highest BCUT2D eigenvalue weighted by molar-refractivity contribution is 5.26. The second kappa shape index (κ2) is 6.75. The van der Waals surface area contributed by atoms with Gasteiger partial charge in [0.05, 0.1) is 6.54 Å². The minimum Gasteiger partial charge on any atom is -0.491 e. The van der Waals surface area contributed by atoms with E-state index in [-0.39, 0.29) is 0 Å². The summed E-state index contributed by atoms with van der Waals surface area (Å²) in [4.78, 5) is 4.03. The Morgan fingerprint density at radius 2 is 1.76 bits per heavy atom. The van der Waals surface area contributed by atoms with Crippen molar-refractivity contribution in [2.24, 2.45) is 0 Å². The maximum atomic E-state index is 5.81. The highest BCUT2D eigenvalue weighted by Crippen LogP contribution is 2.12. The maximum absolute atomic E-state index is 5.81. The first-order valence-electron chi connectivity index (χ1n) is 7.09. The van der Waals surface area contributed by atoms with Crippen LogP contribution in [0, 0.1) is 0 Å². The maximum Gasteiger partial charge on any atom is 0.116 e. The van der Waals surface area contributed by atoms with Gasteiger partial charge in [0.2, 0.25) is 0 Å². The smallest absolute Gasteiger partial charge is 0.116 e. The Labute approximate surface area is 125 Å². The summed E-state index contributed by atoms with van der Waals surface area (Å²) in [6.07, 6.45) is 8.68. The predicted octanol–water partition coefficient (Wildman–Crippen LogP) is 3.21. The fraction of sp³-hybridized carbons (Fsp3) is 0.167. The lowest BCUT2D eigenvalue weighted by Gasteiger charge is -2.18. The number of ether oxygens (including phenoxy) is 1. The van der Waals surface area contributed by atoms with Crippen LogP contribution in [0.4, 0.5) is 0 Å². The van der Waals surface area contributed by atoms with Gasteiger partial charge in [0.25, 0.3) is 0 Å². The lowest BCUT2D eigenvalue weighted by molar-refractivity contribution is 0.192. The van der Waals surface area contributed by atoms with Gasteiger partial charge in [0.1, 0.15) is 12.4 Å². The monoisotopic (exact) mass is 278 g/mol. The Morgan fingerprint density at radius 3 is 2.48 bits per heavy atom. The summed E-state index contributed by atoms with van der Waals surface area (Å²) >= 11 is 0. The molecule has 21 heavy (non-hydrogen) atoms. The van der Waals surface area contributed by atoms with E-state index in [2.05, 4.69) is 34.6 Å². The Balaban J connectivity index is 1.55. The van der Waals surface area contributed by atoms with E-state index in [9.17, 15) is 0 Å². The Kier molecular flexibility index (Phi) is 4.32. The van der Waals surface area contributed by atoms with E-state index < -0.39 is 0 Å². The standard InChI is InChI=1S/C18H18N2O/c1-2-4-16(5-3-1)14-21-18-7-6-17(20-13-18)12-15-8-10-19-11-9-15/h1-11,20H,12-14H2. The van der Waals surface area contributed by atoms with Gasteiger partial charge < -0.3 is 10.1 Å². The Hall–Kier alpha value is -2.55. The number of nitrogens with zero attached hydrogens (tertiary/aromatic N) is 1. The van der Waals surface area contributed by atoms with E-state index >= 15 is 0 Å². The van der Waals surface area contributed by atoms with Crippen LogP contribution in [0.1, 0.15) is 11.1 Å². The number of hydrogen-bond acceptors (Lipinski definition) is 3. The molecule has 1 aromatic carbocycles. The van der Waals surface area contributed by atoms with E-state index in [1.165, 1.54) is 16.8 Å². The van der Waals surface area contributed by atoms with E-state index in [0.717, 1.165) is 18.7 Å². The van der Waals surface area contributed by atoms with Crippen molar-refractivity contribution in [1.29, 1.82) is 0 Å². The molecule has 106 valence electrons. The molecule has 0 unspecified atom stereocenters. The van der Waals surface area contributed by atoms with Gasteiger partial charge in [-0.15, -0.1) is 0 Å². The quantitative estimate of drug-likeness (QED) is 0.912. The van der Waals surface area contributed by atoms with Gasteiger partial charge >= 0.3 is 0 Å². The molecule has 1 aromatic heterocycles. The molecule has 0 fully saturated rings. The zero-order chi connectivity index (χ0) is 14.3. The molecule has 2 heterocycles. The number of pyridine rings is 1. The molecule has 3 heteroatoms. The van der Waals surface area contributed by atoms with Gasteiger partial charge in [0, 0.05) is 24.5 Å². The number of aromatic nitrogens is 1. The number of allylic oxidation sites excluding steroid dienone is 3. The van der Waals surface area contributed by atoms with Crippen LogP contribution in [0.3, 0.4) is 0 Å². The Bertz CT molecular complexity index is 633. The minimum absolute atomic E-state index is 0.613. The molecule has 2 aromatic rings. The summed E-state index contributed by atoms with van der Waals surface area (Å²) in [7, 11) is 0. The zero-order valence-corrected chi connectivity index (χ0v) is 11.8. The summed E-state index contributed by atoms with van der Waals surface area (Å²) < 4.78 is 5.81. The van der Waals surface area contributed by atoms with Crippen LogP contribution in [0.15, 0.2) is 78.5 Å². The lowest BCUT2D eigenvalue weighted by Crippen LogP contribution is -2.22. The van der Waals surface area contributed by atoms with Gasteiger partial charge in [0.15, 0.2) is 0 Å². The first kappa shape index (κ1) is 13.4. The average Bonchev–Trinajstić information content (AvgIpc) is 2.56. The molecule has 0 amide bonds. The Morgan fingerprint density at radius 1 is 0.952 bits per heavy atom. The third-order valence-corrected chi connectivity index (χ3v) is 3.37. The van der Waals surface area contributed by atoms with Gasteiger partial charge in [-0.2, -0.15) is 0 Å². The van der Waals surface area contributed by atoms with Crippen molar-refractivity contribution in [3.05, 3.63) is 89.6 Å².